The number of aromatic nitrogens is 3. The number of hydrogen-bond acceptors (Lipinski definition) is 6. The molecule has 134 valence electrons. The van der Waals surface area contributed by atoms with E-state index in [1.807, 2.05) is 16.8 Å². The largest absolute Gasteiger partial charge is 0.420 e. The van der Waals surface area contributed by atoms with Crippen molar-refractivity contribution in [2.75, 3.05) is 13.1 Å². The van der Waals surface area contributed by atoms with Crippen molar-refractivity contribution in [3.05, 3.63) is 57.5 Å². The van der Waals surface area contributed by atoms with Crippen molar-refractivity contribution >= 4 is 17.2 Å². The molecule has 0 N–H and O–H groups in total. The molecule has 8 heteroatoms. The molecule has 4 rings (SSSR count). The van der Waals surface area contributed by atoms with E-state index in [4.69, 9.17) is 4.42 Å². The van der Waals surface area contributed by atoms with E-state index < -0.39 is 0 Å². The standard InChI is InChI=1S/C18H18N4O3S/c23-15-5-1-2-7-22(15)11-16(24)21-8-3-4-13(10-21)17-19-20-18(25-17)14-6-9-26-12-14/h1-2,5-7,9,12-13H,3-4,8,10-11H2. The van der Waals surface area contributed by atoms with E-state index in [0.29, 0.717) is 24.9 Å². The number of nitrogens with zero attached hydrogens (tertiary/aromatic N) is 4. The van der Waals surface area contributed by atoms with Crippen LogP contribution in [0.4, 0.5) is 0 Å². The molecule has 1 fully saturated rings. The van der Waals surface area contributed by atoms with Gasteiger partial charge in [0.2, 0.25) is 17.7 Å². The maximum Gasteiger partial charge on any atom is 0.250 e. The van der Waals surface area contributed by atoms with Gasteiger partial charge in [0, 0.05) is 36.3 Å². The molecule has 7 nitrogen and oxygen atoms in total. The van der Waals surface area contributed by atoms with Gasteiger partial charge in [0.15, 0.2) is 0 Å². The molecule has 1 aliphatic heterocycles. The van der Waals surface area contributed by atoms with Crippen molar-refractivity contribution in [2.45, 2.75) is 25.3 Å². The SMILES string of the molecule is O=C(Cn1ccccc1=O)N1CCCC(c2nnc(-c3ccsc3)o2)C1. The predicted molar refractivity (Wildman–Crippen MR) is 96.9 cm³/mol. The second kappa shape index (κ2) is 7.25. The molecule has 3 aromatic rings. The summed E-state index contributed by atoms with van der Waals surface area (Å²) >= 11 is 1.58. The summed E-state index contributed by atoms with van der Waals surface area (Å²) in [6.07, 6.45) is 3.41. The fourth-order valence-electron chi connectivity index (χ4n) is 3.14. The van der Waals surface area contributed by atoms with Gasteiger partial charge in [0.25, 0.3) is 5.56 Å². The quantitative estimate of drug-likeness (QED) is 0.704. The average molecular weight is 370 g/mol. The third-order valence-electron chi connectivity index (χ3n) is 4.54. The molecule has 0 radical (unpaired) electrons. The molecule has 0 saturated carbocycles. The number of piperidine rings is 1. The first-order valence-electron chi connectivity index (χ1n) is 8.50. The van der Waals surface area contributed by atoms with Gasteiger partial charge >= 0.3 is 0 Å². The molecule has 0 bridgehead atoms. The van der Waals surface area contributed by atoms with E-state index >= 15 is 0 Å². The van der Waals surface area contributed by atoms with Crippen molar-refractivity contribution in [1.82, 2.24) is 19.7 Å². The maximum atomic E-state index is 12.6. The zero-order valence-corrected chi connectivity index (χ0v) is 14.9. The van der Waals surface area contributed by atoms with Crippen LogP contribution in [-0.4, -0.2) is 38.7 Å². The second-order valence-electron chi connectivity index (χ2n) is 6.30. The zero-order valence-electron chi connectivity index (χ0n) is 14.1. The normalized spacial score (nSPS) is 17.4. The fourth-order valence-corrected chi connectivity index (χ4v) is 3.77. The molecular weight excluding hydrogens is 352 g/mol. The molecule has 4 heterocycles. The number of hydrogen-bond donors (Lipinski definition) is 0. The molecule has 1 saturated heterocycles. The summed E-state index contributed by atoms with van der Waals surface area (Å²) in [4.78, 5) is 26.2. The summed E-state index contributed by atoms with van der Waals surface area (Å²) in [6.45, 7) is 1.27. The minimum Gasteiger partial charge on any atom is -0.420 e. The Balaban J connectivity index is 1.45. The Kier molecular flexibility index (Phi) is 4.66. The van der Waals surface area contributed by atoms with E-state index in [1.165, 1.54) is 10.6 Å². The molecule has 26 heavy (non-hydrogen) atoms. The van der Waals surface area contributed by atoms with Gasteiger partial charge in [0.1, 0.15) is 6.54 Å². The van der Waals surface area contributed by atoms with E-state index in [2.05, 4.69) is 10.2 Å². The minimum absolute atomic E-state index is 0.0279. The van der Waals surface area contributed by atoms with Gasteiger partial charge in [-0.1, -0.05) is 6.07 Å². The first-order chi connectivity index (χ1) is 12.7. The fraction of sp³-hybridized carbons (Fsp3) is 0.333. The molecule has 1 amide bonds. The van der Waals surface area contributed by atoms with E-state index in [0.717, 1.165) is 18.4 Å². The van der Waals surface area contributed by atoms with Gasteiger partial charge in [-0.2, -0.15) is 11.3 Å². The molecule has 1 unspecified atom stereocenters. The lowest BCUT2D eigenvalue weighted by atomic mass is 9.98. The van der Waals surface area contributed by atoms with Crippen molar-refractivity contribution in [3.63, 3.8) is 0 Å². The van der Waals surface area contributed by atoms with Crippen molar-refractivity contribution in [2.24, 2.45) is 0 Å². The third kappa shape index (κ3) is 3.45. The zero-order chi connectivity index (χ0) is 17.9. The van der Waals surface area contributed by atoms with Crippen molar-refractivity contribution in [1.29, 1.82) is 0 Å². The van der Waals surface area contributed by atoms with Crippen LogP contribution in [0.15, 0.2) is 50.4 Å². The van der Waals surface area contributed by atoms with E-state index in [9.17, 15) is 9.59 Å². The molecular formula is C18H18N4O3S. The first-order valence-corrected chi connectivity index (χ1v) is 9.44. The highest BCUT2D eigenvalue weighted by molar-refractivity contribution is 7.08. The summed E-state index contributed by atoms with van der Waals surface area (Å²) in [5.41, 5.74) is 0.743. The van der Waals surface area contributed by atoms with Crippen molar-refractivity contribution < 1.29 is 9.21 Å². The van der Waals surface area contributed by atoms with Crippen LogP contribution in [0.3, 0.4) is 0 Å². The topological polar surface area (TPSA) is 81.2 Å². The van der Waals surface area contributed by atoms with Crippen LogP contribution in [0.5, 0.6) is 0 Å². The summed E-state index contributed by atoms with van der Waals surface area (Å²) in [7, 11) is 0. The molecule has 1 atom stereocenters. The lowest BCUT2D eigenvalue weighted by molar-refractivity contribution is -0.133. The van der Waals surface area contributed by atoms with Crippen molar-refractivity contribution in [3.8, 4) is 11.5 Å². The van der Waals surface area contributed by atoms with E-state index in [1.54, 1.807) is 34.6 Å². The average Bonchev–Trinajstić information content (AvgIpc) is 3.35. The number of carbonyl (C=O) groups excluding carboxylic acids is 1. The van der Waals surface area contributed by atoms with Crippen LogP contribution in [0.25, 0.3) is 11.5 Å². The van der Waals surface area contributed by atoms with Gasteiger partial charge in [-0.3, -0.25) is 9.59 Å². The highest BCUT2D eigenvalue weighted by Crippen LogP contribution is 2.29. The van der Waals surface area contributed by atoms with E-state index in [-0.39, 0.29) is 23.9 Å². The van der Waals surface area contributed by atoms with Crippen LogP contribution < -0.4 is 5.56 Å². The number of amides is 1. The Morgan fingerprint density at radius 1 is 1.31 bits per heavy atom. The summed E-state index contributed by atoms with van der Waals surface area (Å²) in [5, 5.41) is 12.2. The predicted octanol–water partition coefficient (Wildman–Crippen LogP) is 2.37. The van der Waals surface area contributed by atoms with Gasteiger partial charge in [-0.15, -0.1) is 10.2 Å². The molecule has 0 aromatic carbocycles. The van der Waals surface area contributed by atoms with Crippen LogP contribution in [0.1, 0.15) is 24.7 Å². The maximum absolute atomic E-state index is 12.6. The molecule has 0 aliphatic carbocycles. The Hall–Kier alpha value is -2.74. The van der Waals surface area contributed by atoms with Crippen LogP contribution in [0, 0.1) is 0 Å². The number of rotatable bonds is 4. The highest BCUT2D eigenvalue weighted by Gasteiger charge is 2.28. The number of thiophene rings is 1. The van der Waals surface area contributed by atoms with Crippen LogP contribution in [0.2, 0.25) is 0 Å². The Morgan fingerprint density at radius 3 is 3.04 bits per heavy atom. The van der Waals surface area contributed by atoms with Crippen LogP contribution in [-0.2, 0) is 11.3 Å². The monoisotopic (exact) mass is 370 g/mol. The third-order valence-corrected chi connectivity index (χ3v) is 5.22. The molecule has 0 spiro atoms. The lowest BCUT2D eigenvalue weighted by Gasteiger charge is -2.31. The summed E-state index contributed by atoms with van der Waals surface area (Å²) in [6, 6.07) is 6.81. The van der Waals surface area contributed by atoms with Gasteiger partial charge in [-0.05, 0) is 30.4 Å². The first kappa shape index (κ1) is 16.7. The Labute approximate surface area is 153 Å². The van der Waals surface area contributed by atoms with Gasteiger partial charge in [0.05, 0.1) is 5.92 Å². The summed E-state index contributed by atoms with van der Waals surface area (Å²) in [5.74, 6) is 1.04. The summed E-state index contributed by atoms with van der Waals surface area (Å²) < 4.78 is 7.25. The Morgan fingerprint density at radius 2 is 2.23 bits per heavy atom. The number of likely N-dealkylation sites (tertiary alicyclic amines) is 1. The Bertz CT molecular complexity index is 947. The van der Waals surface area contributed by atoms with Crippen LogP contribution >= 0.6 is 11.3 Å². The van der Waals surface area contributed by atoms with Gasteiger partial charge < -0.3 is 13.9 Å². The minimum atomic E-state index is -0.174. The second-order valence-corrected chi connectivity index (χ2v) is 7.08. The number of pyridine rings is 1. The van der Waals surface area contributed by atoms with Gasteiger partial charge in [-0.25, -0.2) is 0 Å². The lowest BCUT2D eigenvalue weighted by Crippen LogP contribution is -2.42. The number of carbonyl (C=O) groups is 1. The molecule has 3 aromatic heterocycles. The highest BCUT2D eigenvalue weighted by atomic mass is 32.1. The smallest absolute Gasteiger partial charge is 0.250 e. The molecule has 1 aliphatic rings.